The van der Waals surface area contributed by atoms with Crippen LogP contribution in [0.2, 0.25) is 0 Å². The lowest BCUT2D eigenvalue weighted by molar-refractivity contribution is -0.107. The standard InChI is InChI=1S/C7H15O4P/c1-2-12(10,7-3-4-8)11-6-5-9/h4,9H,2-3,5-7H2,1H3. The summed E-state index contributed by atoms with van der Waals surface area (Å²) in [6.45, 7) is 1.71. The van der Waals surface area contributed by atoms with Crippen LogP contribution in [-0.4, -0.2) is 36.9 Å². The number of aliphatic hydroxyl groups excluding tert-OH is 1. The second-order valence-corrected chi connectivity index (χ2v) is 5.33. The van der Waals surface area contributed by atoms with E-state index in [0.717, 1.165) is 6.29 Å². The smallest absolute Gasteiger partial charge is 0.203 e. The van der Waals surface area contributed by atoms with Crippen molar-refractivity contribution in [2.24, 2.45) is 0 Å². The van der Waals surface area contributed by atoms with Gasteiger partial charge in [0, 0.05) is 18.7 Å². The molecule has 5 heteroatoms. The van der Waals surface area contributed by atoms with E-state index in [2.05, 4.69) is 0 Å². The summed E-state index contributed by atoms with van der Waals surface area (Å²) in [7, 11) is -2.62. The lowest BCUT2D eigenvalue weighted by atomic mass is 10.6. The maximum absolute atomic E-state index is 11.6. The highest BCUT2D eigenvalue weighted by atomic mass is 31.2. The number of carbonyl (C=O) groups is 1. The van der Waals surface area contributed by atoms with Crippen molar-refractivity contribution in [1.82, 2.24) is 0 Å². The van der Waals surface area contributed by atoms with Crippen LogP contribution in [0.1, 0.15) is 13.3 Å². The summed E-state index contributed by atoms with van der Waals surface area (Å²) in [5, 5.41) is 8.43. The van der Waals surface area contributed by atoms with E-state index in [1.165, 1.54) is 0 Å². The van der Waals surface area contributed by atoms with Crippen LogP contribution in [0, 0.1) is 0 Å². The molecule has 4 nitrogen and oxygen atoms in total. The zero-order valence-corrected chi connectivity index (χ0v) is 8.13. The largest absolute Gasteiger partial charge is 0.394 e. The molecule has 0 amide bonds. The molecule has 0 fully saturated rings. The molecule has 72 valence electrons. The first kappa shape index (κ1) is 11.8. The fourth-order valence-corrected chi connectivity index (χ4v) is 2.31. The molecule has 0 rings (SSSR count). The van der Waals surface area contributed by atoms with Crippen LogP contribution >= 0.6 is 7.37 Å². The number of aldehydes is 1. The molecule has 0 bridgehead atoms. The number of hydrogen-bond donors (Lipinski definition) is 1. The van der Waals surface area contributed by atoms with Gasteiger partial charge in [-0.15, -0.1) is 0 Å². The van der Waals surface area contributed by atoms with Gasteiger partial charge in [0.1, 0.15) is 6.29 Å². The van der Waals surface area contributed by atoms with Gasteiger partial charge in [-0.25, -0.2) is 0 Å². The lowest BCUT2D eigenvalue weighted by Crippen LogP contribution is -2.02. The van der Waals surface area contributed by atoms with E-state index in [-0.39, 0.29) is 25.8 Å². The first-order valence-corrected chi connectivity index (χ1v) is 5.95. The number of rotatable bonds is 7. The average molecular weight is 194 g/mol. The molecular weight excluding hydrogens is 179 g/mol. The van der Waals surface area contributed by atoms with Crippen molar-refractivity contribution in [2.45, 2.75) is 13.3 Å². The van der Waals surface area contributed by atoms with Gasteiger partial charge in [0.2, 0.25) is 7.37 Å². The molecule has 0 aromatic heterocycles. The van der Waals surface area contributed by atoms with Gasteiger partial charge in [0.15, 0.2) is 0 Å². The molecule has 0 heterocycles. The Balaban J connectivity index is 3.87. The predicted octanol–water partition coefficient (Wildman–Crippen LogP) is 0.882. The van der Waals surface area contributed by atoms with Crippen molar-refractivity contribution in [1.29, 1.82) is 0 Å². The second kappa shape index (κ2) is 6.35. The third-order valence-electron chi connectivity index (χ3n) is 1.49. The van der Waals surface area contributed by atoms with Crippen LogP contribution in [0.3, 0.4) is 0 Å². The SMILES string of the molecule is CCP(=O)(CCC=O)OCCO. The van der Waals surface area contributed by atoms with Gasteiger partial charge in [0.25, 0.3) is 0 Å². The highest BCUT2D eigenvalue weighted by molar-refractivity contribution is 7.58. The molecular formula is C7H15O4P. The number of hydrogen-bond acceptors (Lipinski definition) is 4. The molecule has 1 atom stereocenters. The van der Waals surface area contributed by atoms with Crippen LogP contribution in [0.15, 0.2) is 0 Å². The lowest BCUT2D eigenvalue weighted by Gasteiger charge is -2.14. The number of aliphatic hydroxyl groups is 1. The van der Waals surface area contributed by atoms with E-state index in [1.807, 2.05) is 0 Å². The zero-order valence-electron chi connectivity index (χ0n) is 7.23. The van der Waals surface area contributed by atoms with Crippen molar-refractivity contribution >= 4 is 13.7 Å². The Labute approximate surface area is 72.4 Å². The van der Waals surface area contributed by atoms with Gasteiger partial charge >= 0.3 is 0 Å². The molecule has 0 aromatic carbocycles. The molecule has 0 saturated carbocycles. The summed E-state index contributed by atoms with van der Waals surface area (Å²) in [5.74, 6) is 0. The van der Waals surface area contributed by atoms with Gasteiger partial charge < -0.3 is 14.4 Å². The molecule has 0 aliphatic rings. The summed E-state index contributed by atoms with van der Waals surface area (Å²) in [5.41, 5.74) is 0. The van der Waals surface area contributed by atoms with Crippen LogP contribution in [0.4, 0.5) is 0 Å². The van der Waals surface area contributed by atoms with Crippen LogP contribution in [0.25, 0.3) is 0 Å². The third kappa shape index (κ3) is 4.65. The van der Waals surface area contributed by atoms with Crippen molar-refractivity contribution in [3.8, 4) is 0 Å². The van der Waals surface area contributed by atoms with Crippen LogP contribution < -0.4 is 0 Å². The monoisotopic (exact) mass is 194 g/mol. The summed E-state index contributed by atoms with van der Waals surface area (Å²) in [6.07, 6.45) is 1.69. The summed E-state index contributed by atoms with van der Waals surface area (Å²) in [4.78, 5) is 10.0. The fraction of sp³-hybridized carbons (Fsp3) is 0.857. The minimum Gasteiger partial charge on any atom is -0.394 e. The zero-order chi connectivity index (χ0) is 9.45. The first-order chi connectivity index (χ1) is 5.68. The Kier molecular flexibility index (Phi) is 6.25. The topological polar surface area (TPSA) is 63.6 Å². The maximum atomic E-state index is 11.6. The van der Waals surface area contributed by atoms with Crippen molar-refractivity contribution in [3.63, 3.8) is 0 Å². The Bertz CT molecular complexity index is 169. The Morgan fingerprint density at radius 2 is 2.25 bits per heavy atom. The molecule has 1 N–H and O–H groups in total. The Morgan fingerprint density at radius 3 is 2.67 bits per heavy atom. The van der Waals surface area contributed by atoms with E-state index in [0.29, 0.717) is 6.16 Å². The molecule has 0 radical (unpaired) electrons. The van der Waals surface area contributed by atoms with E-state index >= 15 is 0 Å². The van der Waals surface area contributed by atoms with Gasteiger partial charge in [-0.1, -0.05) is 6.92 Å². The molecule has 1 unspecified atom stereocenters. The van der Waals surface area contributed by atoms with Crippen LogP contribution in [-0.2, 0) is 13.9 Å². The summed E-state index contributed by atoms with van der Waals surface area (Å²) >= 11 is 0. The Hall–Kier alpha value is -0.180. The quantitative estimate of drug-likeness (QED) is 0.482. The van der Waals surface area contributed by atoms with E-state index in [1.54, 1.807) is 6.92 Å². The van der Waals surface area contributed by atoms with E-state index in [4.69, 9.17) is 9.63 Å². The van der Waals surface area contributed by atoms with E-state index < -0.39 is 7.37 Å². The second-order valence-electron chi connectivity index (χ2n) is 2.37. The van der Waals surface area contributed by atoms with Crippen molar-refractivity contribution in [3.05, 3.63) is 0 Å². The molecule has 0 saturated heterocycles. The van der Waals surface area contributed by atoms with Crippen molar-refractivity contribution in [2.75, 3.05) is 25.5 Å². The van der Waals surface area contributed by atoms with Gasteiger partial charge in [-0.05, 0) is 0 Å². The Morgan fingerprint density at radius 1 is 1.58 bits per heavy atom. The molecule has 0 aliphatic carbocycles. The van der Waals surface area contributed by atoms with Crippen molar-refractivity contribution < 1.29 is 19.0 Å². The maximum Gasteiger partial charge on any atom is 0.203 e. The van der Waals surface area contributed by atoms with Crippen LogP contribution in [0.5, 0.6) is 0 Å². The molecule has 0 spiro atoms. The fourth-order valence-electron chi connectivity index (χ4n) is 0.771. The number of carbonyl (C=O) groups excluding carboxylic acids is 1. The molecule has 12 heavy (non-hydrogen) atoms. The predicted molar refractivity (Wildman–Crippen MR) is 46.7 cm³/mol. The summed E-state index contributed by atoms with van der Waals surface area (Å²) in [6, 6.07) is 0. The normalized spacial score (nSPS) is 15.5. The van der Waals surface area contributed by atoms with E-state index in [9.17, 15) is 9.36 Å². The third-order valence-corrected chi connectivity index (χ3v) is 4.04. The molecule has 0 aliphatic heterocycles. The molecule has 0 aromatic rings. The minimum absolute atomic E-state index is 0.0873. The van der Waals surface area contributed by atoms with Gasteiger partial charge in [0.05, 0.1) is 13.2 Å². The average Bonchev–Trinajstić information content (AvgIpc) is 2.11. The highest BCUT2D eigenvalue weighted by Crippen LogP contribution is 2.46. The minimum atomic E-state index is -2.62. The van der Waals surface area contributed by atoms with Gasteiger partial charge in [-0.3, -0.25) is 4.57 Å². The summed E-state index contributed by atoms with van der Waals surface area (Å²) < 4.78 is 16.6. The highest BCUT2D eigenvalue weighted by Gasteiger charge is 2.19. The first-order valence-electron chi connectivity index (χ1n) is 3.95. The van der Waals surface area contributed by atoms with Gasteiger partial charge in [-0.2, -0.15) is 0 Å².